The minimum atomic E-state index is -0.530. The summed E-state index contributed by atoms with van der Waals surface area (Å²) in [6, 6.07) is 35.9. The first-order valence-electron chi connectivity index (χ1n) is 35.1. The van der Waals surface area contributed by atoms with Crippen LogP contribution in [0.15, 0.2) is 103 Å². The van der Waals surface area contributed by atoms with Crippen molar-refractivity contribution >= 4 is 56.7 Å². The number of hydrogen-bond acceptors (Lipinski definition) is 20. The van der Waals surface area contributed by atoms with Gasteiger partial charge in [0.15, 0.2) is 0 Å². The maximum Gasteiger partial charge on any atom is 0.410 e. The SMILES string of the molecule is CCCCOc1cc(N2CCc3c(nc(OC[C@@H]4CCCN4CCOC)nc3N3CCN(C(=O)OCc4ccccc4)CC3)C2)c2ccccc2c1.COCCN1CCC[C@H]1COc1nc2c(c(N3CCN(C(=O)OC(C)(C)C)CC3)n1)CCN(c1cc(O)cc3ccccc13)C2. The number of carbonyl (C=O) groups excluding carboxylic acids is 2. The molecule has 0 unspecified atom stereocenters. The number of phenolic OH excluding ortho intramolecular Hbond substituents is 1. The zero-order valence-corrected chi connectivity index (χ0v) is 57.7. The lowest BCUT2D eigenvalue weighted by atomic mass is 10.0. The third-order valence-electron chi connectivity index (χ3n) is 19.4. The predicted octanol–water partition coefficient (Wildman–Crippen LogP) is 10.8. The normalized spacial score (nSPS) is 18.4. The third-order valence-corrected chi connectivity index (χ3v) is 19.4. The number of aromatic hydroxyl groups is 1. The van der Waals surface area contributed by atoms with E-state index in [0.717, 1.165) is 158 Å². The Labute approximate surface area is 571 Å². The number of piperazine rings is 2. The maximum absolute atomic E-state index is 13.0. The fourth-order valence-electron chi connectivity index (χ4n) is 14.2. The molecule has 13 rings (SSSR count). The number of anilines is 4. The van der Waals surface area contributed by atoms with E-state index in [1.807, 2.05) is 75.4 Å². The highest BCUT2D eigenvalue weighted by atomic mass is 16.6. The van der Waals surface area contributed by atoms with Crippen LogP contribution < -0.4 is 33.8 Å². The van der Waals surface area contributed by atoms with E-state index >= 15 is 0 Å². The summed E-state index contributed by atoms with van der Waals surface area (Å²) in [6.45, 7) is 22.8. The van der Waals surface area contributed by atoms with E-state index < -0.39 is 5.60 Å². The summed E-state index contributed by atoms with van der Waals surface area (Å²) in [5.74, 6) is 2.96. The standard InChI is InChI=1S/C41H52N6O5.C34H46N6O5/c1-3-4-24-50-34-26-32-13-8-9-15-35(32)38(27-34)47-18-16-36-37(28-47)42-40(51-30-33-14-10-17-44(33)23-25-49-2)43-39(36)45-19-21-46(22-20-45)41(48)52-29-31-11-6-5-7-12-31;1-34(2,3)45-33(42)39-16-14-38(15-17-39)31-28-11-13-40(30-21-26(41)20-24-8-5-6-10-27(24)30)22-29(28)35-32(36-31)44-23-25-9-7-12-37(25)18-19-43-4/h5-9,11-13,15,26-27,33H,3-4,10,14,16-25,28-30H2,1-2H3;5-6,8,10,20-21,25,41H,7,9,11-19,22-23H2,1-4H3/t33-;25-/m00/s1. The quantitative estimate of drug-likeness (QED) is 0.0628. The van der Waals surface area contributed by atoms with Gasteiger partial charge in [-0.05, 0) is 107 Å². The van der Waals surface area contributed by atoms with Crippen LogP contribution in [0.5, 0.6) is 23.5 Å². The second-order valence-electron chi connectivity index (χ2n) is 27.1. The molecule has 97 heavy (non-hydrogen) atoms. The lowest BCUT2D eigenvalue weighted by Gasteiger charge is -2.38. The Kier molecular flexibility index (Phi) is 22.8. The molecule has 0 radical (unpaired) electrons. The minimum Gasteiger partial charge on any atom is -0.508 e. The van der Waals surface area contributed by atoms with Crippen LogP contribution in [0.3, 0.4) is 0 Å². The minimum absolute atomic E-state index is 0.249. The average Bonchev–Trinajstić information content (AvgIpc) is 1.13. The number of ether oxygens (including phenoxy) is 7. The van der Waals surface area contributed by atoms with Gasteiger partial charge in [-0.3, -0.25) is 9.80 Å². The Morgan fingerprint density at radius 3 is 1.58 bits per heavy atom. The topological polar surface area (TPSA) is 196 Å². The number of fused-ring (bicyclic) bond motifs is 4. The van der Waals surface area contributed by atoms with E-state index in [1.165, 1.54) is 10.8 Å². The largest absolute Gasteiger partial charge is 0.508 e. The molecule has 2 amide bonds. The maximum atomic E-state index is 13.0. The molecule has 2 atom stereocenters. The van der Waals surface area contributed by atoms with Gasteiger partial charge in [-0.2, -0.15) is 19.9 Å². The summed E-state index contributed by atoms with van der Waals surface area (Å²) < 4.78 is 41.0. The third kappa shape index (κ3) is 17.3. The van der Waals surface area contributed by atoms with Crippen LogP contribution in [0.4, 0.5) is 32.6 Å². The number of benzene rings is 5. The second-order valence-corrected chi connectivity index (χ2v) is 27.1. The molecule has 0 bridgehead atoms. The van der Waals surface area contributed by atoms with Gasteiger partial charge in [0.25, 0.3) is 0 Å². The lowest BCUT2D eigenvalue weighted by molar-refractivity contribution is 0.0240. The summed E-state index contributed by atoms with van der Waals surface area (Å²) in [7, 11) is 3.49. The first-order chi connectivity index (χ1) is 47.3. The molecule has 518 valence electrons. The molecule has 7 aromatic rings. The average molecular weight is 1330 g/mol. The van der Waals surface area contributed by atoms with E-state index in [-0.39, 0.29) is 24.5 Å². The van der Waals surface area contributed by atoms with Crippen molar-refractivity contribution in [1.29, 1.82) is 0 Å². The van der Waals surface area contributed by atoms with Crippen LogP contribution in [0.2, 0.25) is 0 Å². The van der Waals surface area contributed by atoms with Crippen molar-refractivity contribution in [2.24, 2.45) is 0 Å². The number of amides is 2. The van der Waals surface area contributed by atoms with Crippen LogP contribution in [-0.4, -0.2) is 213 Å². The van der Waals surface area contributed by atoms with Crippen LogP contribution >= 0.6 is 0 Å². The molecule has 6 aliphatic rings. The van der Waals surface area contributed by atoms with Gasteiger partial charge in [-0.25, -0.2) is 9.59 Å². The summed E-state index contributed by atoms with van der Waals surface area (Å²) in [5, 5.41) is 15.0. The van der Waals surface area contributed by atoms with Crippen molar-refractivity contribution < 1.29 is 47.9 Å². The fraction of sp³-hybridized carbons (Fsp3) is 0.520. The number of likely N-dealkylation sites (tertiary alicyclic amines) is 2. The van der Waals surface area contributed by atoms with Gasteiger partial charge in [0, 0.05) is 150 Å². The van der Waals surface area contributed by atoms with Gasteiger partial charge < -0.3 is 67.7 Å². The van der Waals surface area contributed by atoms with Crippen molar-refractivity contribution in [3.63, 3.8) is 0 Å². The van der Waals surface area contributed by atoms with E-state index in [1.54, 1.807) is 30.1 Å². The van der Waals surface area contributed by atoms with Gasteiger partial charge in [-0.15, -0.1) is 0 Å². The Balaban J connectivity index is 0.000000187. The zero-order valence-electron chi connectivity index (χ0n) is 57.7. The Hall–Kier alpha value is -8.44. The van der Waals surface area contributed by atoms with E-state index in [2.05, 4.69) is 78.8 Å². The number of nitrogens with zero attached hydrogens (tertiary/aromatic N) is 12. The van der Waals surface area contributed by atoms with E-state index in [4.69, 9.17) is 53.1 Å². The summed E-state index contributed by atoms with van der Waals surface area (Å²) >= 11 is 0. The molecule has 4 saturated heterocycles. The van der Waals surface area contributed by atoms with Crippen LogP contribution in [-0.2, 0) is 51.5 Å². The van der Waals surface area contributed by atoms with Gasteiger partial charge in [0.1, 0.15) is 48.6 Å². The molecule has 8 heterocycles. The first kappa shape index (κ1) is 68.5. The number of hydrogen-bond donors (Lipinski definition) is 1. The molecular formula is C75H98N12O10. The lowest BCUT2D eigenvalue weighted by Crippen LogP contribution is -2.50. The second kappa shape index (κ2) is 32.3. The van der Waals surface area contributed by atoms with Crippen LogP contribution in [0.1, 0.15) is 94.3 Å². The Morgan fingerprint density at radius 1 is 0.546 bits per heavy atom. The highest BCUT2D eigenvalue weighted by molar-refractivity contribution is 5.97. The predicted molar refractivity (Wildman–Crippen MR) is 378 cm³/mol. The number of rotatable bonds is 22. The smallest absolute Gasteiger partial charge is 0.410 e. The van der Waals surface area contributed by atoms with Crippen molar-refractivity contribution in [3.8, 4) is 23.5 Å². The van der Waals surface area contributed by atoms with Gasteiger partial charge in [0.2, 0.25) is 0 Å². The van der Waals surface area contributed by atoms with Crippen molar-refractivity contribution in [2.75, 3.05) is 158 Å². The molecule has 1 N–H and O–H groups in total. The first-order valence-corrected chi connectivity index (χ1v) is 35.1. The van der Waals surface area contributed by atoms with Crippen molar-refractivity contribution in [1.82, 2.24) is 39.5 Å². The molecule has 0 saturated carbocycles. The molecule has 4 fully saturated rings. The zero-order chi connectivity index (χ0) is 67.3. The highest BCUT2D eigenvalue weighted by Gasteiger charge is 2.35. The molecule has 2 aromatic heterocycles. The summed E-state index contributed by atoms with van der Waals surface area (Å²) in [6.07, 6.45) is 7.56. The van der Waals surface area contributed by atoms with Gasteiger partial charge in [-0.1, -0.05) is 92.2 Å². The monoisotopic (exact) mass is 1330 g/mol. The van der Waals surface area contributed by atoms with Gasteiger partial charge >= 0.3 is 24.2 Å². The van der Waals surface area contributed by atoms with E-state index in [0.29, 0.717) is 123 Å². The molecule has 0 aliphatic carbocycles. The Morgan fingerprint density at radius 2 is 1.05 bits per heavy atom. The number of unbranched alkanes of at least 4 members (excludes halogenated alkanes) is 1. The Bertz CT molecular complexity index is 3770. The number of carbonyl (C=O) groups is 2. The van der Waals surface area contributed by atoms with Crippen LogP contribution in [0.25, 0.3) is 21.5 Å². The van der Waals surface area contributed by atoms with Gasteiger partial charge in [0.05, 0.1) is 44.3 Å². The number of phenols is 1. The molecule has 6 aliphatic heterocycles. The van der Waals surface area contributed by atoms with E-state index in [9.17, 15) is 14.7 Å². The molecule has 5 aromatic carbocycles. The molecule has 22 heteroatoms. The van der Waals surface area contributed by atoms with Crippen molar-refractivity contribution in [3.05, 3.63) is 131 Å². The van der Waals surface area contributed by atoms with Crippen LogP contribution in [0, 0.1) is 0 Å². The summed E-state index contributed by atoms with van der Waals surface area (Å²) in [4.78, 5) is 63.6. The number of methoxy groups -OCH3 is 2. The fourth-order valence-corrected chi connectivity index (χ4v) is 14.2. The molecule has 22 nitrogen and oxygen atoms in total. The molecular weight excluding hydrogens is 1230 g/mol. The number of aromatic nitrogens is 4. The van der Waals surface area contributed by atoms with Crippen molar-refractivity contribution in [2.45, 2.75) is 116 Å². The molecule has 0 spiro atoms. The highest BCUT2D eigenvalue weighted by Crippen LogP contribution is 2.40. The summed E-state index contributed by atoms with van der Waals surface area (Å²) in [5.41, 5.74) is 6.79.